The van der Waals surface area contributed by atoms with Crippen molar-refractivity contribution in [2.45, 2.75) is 39.5 Å². The number of hydrogen-bond acceptors (Lipinski definition) is 4. The SMILES string of the molecule is Cc1cc(/C=C(/C#N)C(=O)Nc2ccc(Cl)cc2Cl)c(C)n1-c1sc2c(c1C#N)CCCC2. The maximum absolute atomic E-state index is 12.7. The first-order valence-electron chi connectivity index (χ1n) is 10.5. The van der Waals surface area contributed by atoms with Crippen molar-refractivity contribution in [2.75, 3.05) is 5.32 Å². The molecule has 1 amide bonds. The molecule has 0 saturated carbocycles. The highest BCUT2D eigenvalue weighted by Gasteiger charge is 2.24. The van der Waals surface area contributed by atoms with Crippen LogP contribution in [0.3, 0.4) is 0 Å². The first kappa shape index (κ1) is 23.1. The van der Waals surface area contributed by atoms with Crippen LogP contribution in [0.2, 0.25) is 10.0 Å². The van der Waals surface area contributed by atoms with E-state index >= 15 is 0 Å². The van der Waals surface area contributed by atoms with Gasteiger partial charge in [-0.1, -0.05) is 23.2 Å². The molecule has 0 radical (unpaired) electrons. The van der Waals surface area contributed by atoms with E-state index in [1.807, 2.05) is 26.0 Å². The molecule has 8 heteroatoms. The molecular formula is C25H20Cl2N4OS. The zero-order valence-electron chi connectivity index (χ0n) is 18.1. The molecule has 0 fully saturated rings. The Labute approximate surface area is 206 Å². The van der Waals surface area contributed by atoms with E-state index in [0.717, 1.165) is 53.2 Å². The summed E-state index contributed by atoms with van der Waals surface area (Å²) in [5, 5.41) is 23.8. The zero-order chi connectivity index (χ0) is 23.7. The predicted molar refractivity (Wildman–Crippen MR) is 133 cm³/mol. The molecule has 2 aromatic heterocycles. The van der Waals surface area contributed by atoms with E-state index < -0.39 is 5.91 Å². The van der Waals surface area contributed by atoms with Crippen molar-refractivity contribution in [3.8, 4) is 17.1 Å². The Balaban J connectivity index is 1.70. The Morgan fingerprint density at radius 3 is 2.64 bits per heavy atom. The van der Waals surface area contributed by atoms with Crippen LogP contribution in [0.1, 0.15) is 45.8 Å². The molecule has 0 atom stereocenters. The van der Waals surface area contributed by atoms with E-state index in [2.05, 4.69) is 16.0 Å². The summed E-state index contributed by atoms with van der Waals surface area (Å²) < 4.78 is 2.05. The van der Waals surface area contributed by atoms with Gasteiger partial charge in [0.2, 0.25) is 0 Å². The predicted octanol–water partition coefficient (Wildman–Crippen LogP) is 6.76. The van der Waals surface area contributed by atoms with Gasteiger partial charge in [-0.2, -0.15) is 10.5 Å². The molecular weight excluding hydrogens is 475 g/mol. The fourth-order valence-electron chi connectivity index (χ4n) is 4.16. The lowest BCUT2D eigenvalue weighted by atomic mass is 9.96. The molecule has 5 nitrogen and oxygen atoms in total. The summed E-state index contributed by atoms with van der Waals surface area (Å²) in [6.45, 7) is 3.89. The molecule has 0 unspecified atom stereocenters. The van der Waals surface area contributed by atoms with Crippen molar-refractivity contribution in [1.29, 1.82) is 10.5 Å². The molecule has 166 valence electrons. The maximum Gasteiger partial charge on any atom is 0.266 e. The van der Waals surface area contributed by atoms with Gasteiger partial charge in [-0.05, 0) is 81.0 Å². The van der Waals surface area contributed by atoms with Gasteiger partial charge in [0.05, 0.1) is 16.3 Å². The minimum atomic E-state index is -0.559. The maximum atomic E-state index is 12.7. The van der Waals surface area contributed by atoms with Crippen molar-refractivity contribution in [1.82, 2.24) is 4.57 Å². The number of rotatable bonds is 4. The van der Waals surface area contributed by atoms with Crippen molar-refractivity contribution >= 4 is 52.2 Å². The van der Waals surface area contributed by atoms with E-state index in [4.69, 9.17) is 23.2 Å². The van der Waals surface area contributed by atoms with E-state index in [1.54, 1.807) is 29.5 Å². The average molecular weight is 495 g/mol. The molecule has 1 N–H and O–H groups in total. The molecule has 3 aromatic rings. The van der Waals surface area contributed by atoms with Crippen molar-refractivity contribution in [2.24, 2.45) is 0 Å². The highest BCUT2D eigenvalue weighted by Crippen LogP contribution is 2.38. The number of anilines is 1. The minimum Gasteiger partial charge on any atom is -0.320 e. The van der Waals surface area contributed by atoms with Gasteiger partial charge in [0.1, 0.15) is 22.7 Å². The number of carbonyl (C=O) groups is 1. The van der Waals surface area contributed by atoms with Crippen LogP contribution in [-0.2, 0) is 17.6 Å². The first-order chi connectivity index (χ1) is 15.8. The highest BCUT2D eigenvalue weighted by atomic mass is 35.5. The van der Waals surface area contributed by atoms with Gasteiger partial charge in [0, 0.05) is 21.3 Å². The van der Waals surface area contributed by atoms with Crippen LogP contribution in [0.15, 0.2) is 29.8 Å². The summed E-state index contributed by atoms with van der Waals surface area (Å²) in [6, 6.07) is 11.0. The third-order valence-corrected chi connectivity index (χ3v) is 7.61. The van der Waals surface area contributed by atoms with Crippen LogP contribution >= 0.6 is 34.5 Å². The van der Waals surface area contributed by atoms with Crippen LogP contribution in [0.25, 0.3) is 11.1 Å². The average Bonchev–Trinajstić information content (AvgIpc) is 3.29. The fourth-order valence-corrected chi connectivity index (χ4v) is 6.06. The molecule has 0 spiro atoms. The van der Waals surface area contributed by atoms with Crippen LogP contribution in [0, 0.1) is 36.5 Å². The van der Waals surface area contributed by atoms with Crippen LogP contribution in [-0.4, -0.2) is 10.5 Å². The molecule has 1 aromatic carbocycles. The number of thiophene rings is 1. The standard InChI is InChI=1S/C25H20Cl2N4OS/c1-14-9-16(10-17(12-28)24(32)30-22-8-7-18(26)11-21(22)27)15(2)31(14)25-20(13-29)19-5-3-4-6-23(19)33-25/h7-11H,3-6H2,1-2H3,(H,30,32)/b17-10-. The Morgan fingerprint density at radius 2 is 1.94 bits per heavy atom. The summed E-state index contributed by atoms with van der Waals surface area (Å²) in [5.41, 5.74) is 4.79. The van der Waals surface area contributed by atoms with Gasteiger partial charge >= 0.3 is 0 Å². The van der Waals surface area contributed by atoms with Gasteiger partial charge in [0.15, 0.2) is 0 Å². The van der Waals surface area contributed by atoms with Crippen LogP contribution in [0.4, 0.5) is 5.69 Å². The topological polar surface area (TPSA) is 81.6 Å². The second-order valence-electron chi connectivity index (χ2n) is 7.91. The number of hydrogen-bond donors (Lipinski definition) is 1. The lowest BCUT2D eigenvalue weighted by molar-refractivity contribution is -0.112. The third-order valence-electron chi connectivity index (χ3n) is 5.78. The van der Waals surface area contributed by atoms with Crippen molar-refractivity contribution in [3.05, 3.63) is 72.8 Å². The number of amides is 1. The van der Waals surface area contributed by atoms with Gasteiger partial charge in [0.25, 0.3) is 5.91 Å². The van der Waals surface area contributed by atoms with Gasteiger partial charge in [-0.3, -0.25) is 4.79 Å². The van der Waals surface area contributed by atoms with Gasteiger partial charge < -0.3 is 9.88 Å². The quantitative estimate of drug-likeness (QED) is 0.321. The summed E-state index contributed by atoms with van der Waals surface area (Å²) in [5.74, 6) is -0.559. The normalized spacial score (nSPS) is 13.2. The van der Waals surface area contributed by atoms with E-state index in [1.165, 1.54) is 16.5 Å². The molecule has 1 aliphatic rings. The number of aromatic nitrogens is 1. The number of nitrogens with one attached hydrogen (secondary N) is 1. The monoisotopic (exact) mass is 494 g/mol. The van der Waals surface area contributed by atoms with E-state index in [0.29, 0.717) is 10.7 Å². The highest BCUT2D eigenvalue weighted by molar-refractivity contribution is 7.15. The van der Waals surface area contributed by atoms with Gasteiger partial charge in [-0.25, -0.2) is 0 Å². The van der Waals surface area contributed by atoms with Crippen molar-refractivity contribution < 1.29 is 4.79 Å². The third kappa shape index (κ3) is 4.43. The molecule has 33 heavy (non-hydrogen) atoms. The van der Waals surface area contributed by atoms with Crippen molar-refractivity contribution in [3.63, 3.8) is 0 Å². The summed E-state index contributed by atoms with van der Waals surface area (Å²) in [6.07, 6.45) is 5.76. The molecule has 1 aliphatic carbocycles. The summed E-state index contributed by atoms with van der Waals surface area (Å²) in [4.78, 5) is 14.0. The van der Waals surface area contributed by atoms with E-state index in [-0.39, 0.29) is 10.6 Å². The van der Waals surface area contributed by atoms with Gasteiger partial charge in [-0.15, -0.1) is 11.3 Å². The number of nitrogens with zero attached hydrogens (tertiary/aromatic N) is 3. The summed E-state index contributed by atoms with van der Waals surface area (Å²) in [7, 11) is 0. The molecule has 0 bridgehead atoms. The lowest BCUT2D eigenvalue weighted by Crippen LogP contribution is -2.13. The number of carbonyl (C=O) groups excluding carboxylic acids is 1. The molecule has 0 saturated heterocycles. The number of nitriles is 2. The number of halogens is 2. The number of benzene rings is 1. The zero-order valence-corrected chi connectivity index (χ0v) is 20.5. The largest absolute Gasteiger partial charge is 0.320 e. The Hall–Kier alpha value is -3.03. The molecule has 0 aliphatic heterocycles. The van der Waals surface area contributed by atoms with Crippen LogP contribution < -0.4 is 5.32 Å². The Kier molecular flexibility index (Phi) is 6.63. The Bertz CT molecular complexity index is 1380. The fraction of sp³-hybridized carbons (Fsp3) is 0.240. The number of aryl methyl sites for hydroxylation is 2. The second-order valence-corrected chi connectivity index (χ2v) is 9.84. The smallest absolute Gasteiger partial charge is 0.266 e. The molecule has 4 rings (SSSR count). The second kappa shape index (κ2) is 9.45. The lowest BCUT2D eigenvalue weighted by Gasteiger charge is -2.10. The first-order valence-corrected chi connectivity index (χ1v) is 12.0. The molecule has 2 heterocycles. The minimum absolute atomic E-state index is 0.0488. The van der Waals surface area contributed by atoms with E-state index in [9.17, 15) is 15.3 Å². The van der Waals surface area contributed by atoms with Crippen LogP contribution in [0.5, 0.6) is 0 Å². The summed E-state index contributed by atoms with van der Waals surface area (Å²) >= 11 is 13.7. The Morgan fingerprint density at radius 1 is 1.18 bits per heavy atom. The number of fused-ring (bicyclic) bond motifs is 1.